The monoisotopic (exact) mass is 251 g/mol. The van der Waals surface area contributed by atoms with Crippen LogP contribution in [0.15, 0.2) is 30.3 Å². The first-order valence-corrected chi connectivity index (χ1v) is 6.49. The van der Waals surface area contributed by atoms with Crippen LogP contribution in [0.2, 0.25) is 0 Å². The third kappa shape index (κ3) is 3.40. The van der Waals surface area contributed by atoms with E-state index in [1.165, 1.54) is 0 Å². The average Bonchev–Trinajstić information content (AvgIpc) is 2.86. The van der Waals surface area contributed by atoms with Gasteiger partial charge < -0.3 is 9.64 Å². The van der Waals surface area contributed by atoms with E-state index < -0.39 is 0 Å². The van der Waals surface area contributed by atoms with E-state index in [1.807, 2.05) is 30.3 Å². The van der Waals surface area contributed by atoms with Gasteiger partial charge in [0, 0.05) is 13.1 Å². The van der Waals surface area contributed by atoms with Gasteiger partial charge in [0.25, 0.3) is 0 Å². The molecule has 0 aliphatic carbocycles. The molecule has 2 rings (SSSR count). The Morgan fingerprint density at radius 2 is 2.18 bits per heavy atom. The molecule has 1 aromatic rings. The average molecular weight is 251 g/mol. The van der Waals surface area contributed by atoms with Crippen LogP contribution in [-0.2, 0) is 11.3 Å². The van der Waals surface area contributed by atoms with Gasteiger partial charge in [0.05, 0.1) is 0 Å². The molecule has 92 valence electrons. The molecule has 1 amide bonds. The van der Waals surface area contributed by atoms with Crippen LogP contribution < -0.4 is 0 Å². The van der Waals surface area contributed by atoms with Crippen molar-refractivity contribution >= 4 is 18.7 Å². The van der Waals surface area contributed by atoms with E-state index in [2.05, 4.69) is 12.6 Å². The first kappa shape index (κ1) is 12.3. The lowest BCUT2D eigenvalue weighted by Gasteiger charge is -2.15. The summed E-state index contributed by atoms with van der Waals surface area (Å²) in [6.07, 6.45) is 0.822. The molecule has 1 atom stereocenters. The fraction of sp³-hybridized carbons (Fsp3) is 0.462. The molecule has 1 aliphatic heterocycles. The van der Waals surface area contributed by atoms with Gasteiger partial charge in [-0.1, -0.05) is 30.3 Å². The number of likely N-dealkylation sites (tertiary alicyclic amines) is 1. The zero-order valence-electron chi connectivity index (χ0n) is 9.71. The topological polar surface area (TPSA) is 29.5 Å². The van der Waals surface area contributed by atoms with E-state index in [4.69, 9.17) is 4.74 Å². The SMILES string of the molecule is O=C(OCc1ccccc1)N1CCC(CS)C1. The molecule has 0 aromatic heterocycles. The predicted molar refractivity (Wildman–Crippen MR) is 70.2 cm³/mol. The highest BCUT2D eigenvalue weighted by molar-refractivity contribution is 7.80. The number of nitrogens with zero attached hydrogens (tertiary/aromatic N) is 1. The molecule has 0 bridgehead atoms. The highest BCUT2D eigenvalue weighted by Crippen LogP contribution is 2.18. The minimum absolute atomic E-state index is 0.210. The Morgan fingerprint density at radius 3 is 2.82 bits per heavy atom. The van der Waals surface area contributed by atoms with Crippen LogP contribution in [0, 0.1) is 5.92 Å². The third-order valence-corrected chi connectivity index (χ3v) is 3.52. The van der Waals surface area contributed by atoms with Gasteiger partial charge in [-0.15, -0.1) is 0 Å². The number of rotatable bonds is 3. The zero-order valence-corrected chi connectivity index (χ0v) is 10.6. The molecule has 4 heteroatoms. The maximum absolute atomic E-state index is 11.8. The molecule has 0 N–H and O–H groups in total. The smallest absolute Gasteiger partial charge is 0.410 e. The van der Waals surface area contributed by atoms with Crippen LogP contribution >= 0.6 is 12.6 Å². The quantitative estimate of drug-likeness (QED) is 0.837. The molecule has 3 nitrogen and oxygen atoms in total. The Labute approximate surface area is 107 Å². The molecule has 0 spiro atoms. The highest BCUT2D eigenvalue weighted by atomic mass is 32.1. The van der Waals surface area contributed by atoms with Gasteiger partial charge in [0.15, 0.2) is 0 Å². The fourth-order valence-corrected chi connectivity index (χ4v) is 2.26. The Hall–Kier alpha value is -1.16. The number of thiol groups is 1. The second-order valence-corrected chi connectivity index (χ2v) is 4.69. The summed E-state index contributed by atoms with van der Waals surface area (Å²) in [6.45, 7) is 1.91. The third-order valence-electron chi connectivity index (χ3n) is 3.01. The molecule has 1 saturated heterocycles. The summed E-state index contributed by atoms with van der Waals surface area (Å²) < 4.78 is 5.27. The summed E-state index contributed by atoms with van der Waals surface area (Å²) >= 11 is 4.26. The van der Waals surface area contributed by atoms with Crippen LogP contribution in [0.5, 0.6) is 0 Å². The zero-order chi connectivity index (χ0) is 12.1. The van der Waals surface area contributed by atoms with Crippen molar-refractivity contribution in [3.8, 4) is 0 Å². The minimum Gasteiger partial charge on any atom is -0.445 e. The molecular weight excluding hydrogens is 234 g/mol. The van der Waals surface area contributed by atoms with E-state index in [0.29, 0.717) is 12.5 Å². The number of amides is 1. The van der Waals surface area contributed by atoms with Crippen LogP contribution in [-0.4, -0.2) is 29.8 Å². The lowest BCUT2D eigenvalue weighted by molar-refractivity contribution is 0.103. The van der Waals surface area contributed by atoms with Gasteiger partial charge in [-0.3, -0.25) is 0 Å². The van der Waals surface area contributed by atoms with Gasteiger partial charge in [0.1, 0.15) is 6.61 Å². The van der Waals surface area contributed by atoms with Crippen molar-refractivity contribution in [1.29, 1.82) is 0 Å². The molecule has 0 radical (unpaired) electrons. The van der Waals surface area contributed by atoms with Crippen molar-refractivity contribution in [2.75, 3.05) is 18.8 Å². The molecular formula is C13H17NO2S. The number of carbonyl (C=O) groups is 1. The molecule has 1 fully saturated rings. The second kappa shape index (κ2) is 5.96. The minimum atomic E-state index is -0.210. The van der Waals surface area contributed by atoms with Gasteiger partial charge in [-0.05, 0) is 23.7 Å². The molecule has 1 aliphatic rings. The maximum Gasteiger partial charge on any atom is 0.410 e. The van der Waals surface area contributed by atoms with Gasteiger partial charge in [-0.2, -0.15) is 12.6 Å². The summed E-state index contributed by atoms with van der Waals surface area (Å²) in [6, 6.07) is 9.73. The number of carbonyl (C=O) groups excluding carboxylic acids is 1. The molecule has 1 aromatic carbocycles. The maximum atomic E-state index is 11.8. The van der Waals surface area contributed by atoms with Crippen LogP contribution in [0.25, 0.3) is 0 Å². The van der Waals surface area contributed by atoms with E-state index in [-0.39, 0.29) is 6.09 Å². The predicted octanol–water partition coefficient (Wildman–Crippen LogP) is 2.57. The van der Waals surface area contributed by atoms with Crippen molar-refractivity contribution < 1.29 is 9.53 Å². The summed E-state index contributed by atoms with van der Waals surface area (Å²) in [7, 11) is 0. The van der Waals surface area contributed by atoms with Crippen LogP contribution in [0.3, 0.4) is 0 Å². The van der Waals surface area contributed by atoms with Crippen molar-refractivity contribution in [1.82, 2.24) is 4.90 Å². The van der Waals surface area contributed by atoms with E-state index >= 15 is 0 Å². The van der Waals surface area contributed by atoms with Crippen molar-refractivity contribution in [2.24, 2.45) is 5.92 Å². The van der Waals surface area contributed by atoms with E-state index in [9.17, 15) is 4.79 Å². The first-order chi connectivity index (χ1) is 8.29. The number of hydrogen-bond acceptors (Lipinski definition) is 3. The lowest BCUT2D eigenvalue weighted by atomic mass is 10.2. The Balaban J connectivity index is 1.78. The van der Waals surface area contributed by atoms with Gasteiger partial charge >= 0.3 is 6.09 Å². The molecule has 17 heavy (non-hydrogen) atoms. The summed E-state index contributed by atoms with van der Waals surface area (Å²) in [4.78, 5) is 13.5. The van der Waals surface area contributed by atoms with Crippen molar-refractivity contribution in [2.45, 2.75) is 13.0 Å². The van der Waals surface area contributed by atoms with E-state index in [0.717, 1.165) is 30.8 Å². The normalized spacial score (nSPS) is 19.4. The Kier molecular flexibility index (Phi) is 4.31. The highest BCUT2D eigenvalue weighted by Gasteiger charge is 2.26. The van der Waals surface area contributed by atoms with Crippen LogP contribution in [0.1, 0.15) is 12.0 Å². The summed E-state index contributed by atoms with van der Waals surface area (Å²) in [5.41, 5.74) is 1.02. The van der Waals surface area contributed by atoms with Gasteiger partial charge in [-0.25, -0.2) is 4.79 Å². The second-order valence-electron chi connectivity index (χ2n) is 4.32. The number of hydrogen-bond donors (Lipinski definition) is 1. The van der Waals surface area contributed by atoms with E-state index in [1.54, 1.807) is 4.90 Å². The molecule has 1 unspecified atom stereocenters. The Bertz CT molecular complexity index is 369. The summed E-state index contributed by atoms with van der Waals surface area (Å²) in [5.74, 6) is 1.35. The standard InChI is InChI=1S/C13H17NO2S/c15-13(14-7-6-12(8-14)10-17)16-9-11-4-2-1-3-5-11/h1-5,12,17H,6-10H2. The first-order valence-electron chi connectivity index (χ1n) is 5.86. The number of benzene rings is 1. The fourth-order valence-electron chi connectivity index (χ4n) is 1.96. The summed E-state index contributed by atoms with van der Waals surface area (Å²) in [5, 5.41) is 0. The number of ether oxygens (including phenoxy) is 1. The van der Waals surface area contributed by atoms with Crippen molar-refractivity contribution in [3.63, 3.8) is 0 Å². The molecule has 0 saturated carbocycles. The Morgan fingerprint density at radius 1 is 1.41 bits per heavy atom. The van der Waals surface area contributed by atoms with Crippen molar-refractivity contribution in [3.05, 3.63) is 35.9 Å². The van der Waals surface area contributed by atoms with Crippen LogP contribution in [0.4, 0.5) is 4.79 Å². The van der Waals surface area contributed by atoms with Gasteiger partial charge in [0.2, 0.25) is 0 Å². The largest absolute Gasteiger partial charge is 0.445 e. The lowest BCUT2D eigenvalue weighted by Crippen LogP contribution is -2.29. The molecule has 1 heterocycles.